The average molecular weight is 275 g/mol. The molecule has 0 saturated carbocycles. The molecule has 0 spiro atoms. The fourth-order valence-electron chi connectivity index (χ4n) is 2.09. The molecule has 0 aliphatic heterocycles. The standard InChI is InChI=1S/C15H21N3S/c1-18(2)13-7-5-12(6-8-13)15(17-16)10-9-14-4-3-11-19-14/h3-8,11,15,17H,9-10,16H2,1-2H3. The lowest BCUT2D eigenvalue weighted by atomic mass is 10.0. The minimum absolute atomic E-state index is 0.207. The second-order valence-corrected chi connectivity index (χ2v) is 5.86. The zero-order valence-corrected chi connectivity index (χ0v) is 12.3. The van der Waals surface area contributed by atoms with Gasteiger partial charge >= 0.3 is 0 Å². The van der Waals surface area contributed by atoms with Crippen molar-refractivity contribution in [2.75, 3.05) is 19.0 Å². The molecular formula is C15H21N3S. The minimum atomic E-state index is 0.207. The van der Waals surface area contributed by atoms with E-state index in [2.05, 4.69) is 52.1 Å². The number of rotatable bonds is 6. The minimum Gasteiger partial charge on any atom is -0.378 e. The first-order valence-electron chi connectivity index (χ1n) is 6.46. The molecule has 0 saturated heterocycles. The van der Waals surface area contributed by atoms with Gasteiger partial charge in [-0.2, -0.15) is 0 Å². The van der Waals surface area contributed by atoms with Crippen LogP contribution < -0.4 is 16.2 Å². The van der Waals surface area contributed by atoms with Crippen LogP contribution in [0.4, 0.5) is 5.69 Å². The van der Waals surface area contributed by atoms with Crippen molar-refractivity contribution in [3.05, 3.63) is 52.2 Å². The Morgan fingerprint density at radius 3 is 2.47 bits per heavy atom. The van der Waals surface area contributed by atoms with Gasteiger partial charge in [-0.15, -0.1) is 11.3 Å². The first kappa shape index (κ1) is 14.1. The van der Waals surface area contributed by atoms with E-state index in [4.69, 9.17) is 5.84 Å². The summed E-state index contributed by atoms with van der Waals surface area (Å²) in [6.07, 6.45) is 2.07. The highest BCUT2D eigenvalue weighted by Crippen LogP contribution is 2.22. The van der Waals surface area contributed by atoms with E-state index in [0.29, 0.717) is 0 Å². The maximum atomic E-state index is 5.69. The van der Waals surface area contributed by atoms with Crippen LogP contribution >= 0.6 is 11.3 Å². The highest BCUT2D eigenvalue weighted by Gasteiger charge is 2.10. The molecule has 0 amide bonds. The number of hydrazine groups is 1. The third-order valence-corrected chi connectivity index (χ3v) is 4.21. The zero-order valence-electron chi connectivity index (χ0n) is 11.5. The van der Waals surface area contributed by atoms with Crippen LogP contribution in [0, 0.1) is 0 Å². The van der Waals surface area contributed by atoms with E-state index in [0.717, 1.165) is 12.8 Å². The second kappa shape index (κ2) is 6.70. The van der Waals surface area contributed by atoms with Crippen LogP contribution in [0.3, 0.4) is 0 Å². The Bertz CT molecular complexity index is 477. The summed E-state index contributed by atoms with van der Waals surface area (Å²) >= 11 is 1.80. The predicted molar refractivity (Wildman–Crippen MR) is 83.5 cm³/mol. The van der Waals surface area contributed by atoms with E-state index in [1.807, 2.05) is 14.1 Å². The van der Waals surface area contributed by atoms with Gasteiger partial charge in [-0.25, -0.2) is 0 Å². The molecule has 3 N–H and O–H groups in total. The summed E-state index contributed by atoms with van der Waals surface area (Å²) in [7, 11) is 4.09. The van der Waals surface area contributed by atoms with Crippen molar-refractivity contribution in [3.63, 3.8) is 0 Å². The number of nitrogens with zero attached hydrogens (tertiary/aromatic N) is 1. The molecule has 1 heterocycles. The normalized spacial score (nSPS) is 12.4. The Hall–Kier alpha value is -1.36. The number of thiophene rings is 1. The molecule has 1 aromatic carbocycles. The van der Waals surface area contributed by atoms with Crippen molar-refractivity contribution in [1.29, 1.82) is 0 Å². The summed E-state index contributed by atoms with van der Waals surface area (Å²) in [4.78, 5) is 3.51. The molecule has 2 rings (SSSR count). The Kier molecular flexibility index (Phi) is 4.96. The topological polar surface area (TPSA) is 41.3 Å². The van der Waals surface area contributed by atoms with Crippen LogP contribution in [-0.4, -0.2) is 14.1 Å². The van der Waals surface area contributed by atoms with Crippen molar-refractivity contribution in [3.8, 4) is 0 Å². The summed E-state index contributed by atoms with van der Waals surface area (Å²) in [5.41, 5.74) is 5.37. The van der Waals surface area contributed by atoms with Crippen LogP contribution in [-0.2, 0) is 6.42 Å². The Morgan fingerprint density at radius 2 is 1.95 bits per heavy atom. The number of anilines is 1. The van der Waals surface area contributed by atoms with Crippen LogP contribution in [0.5, 0.6) is 0 Å². The van der Waals surface area contributed by atoms with Gasteiger partial charge < -0.3 is 4.90 Å². The van der Waals surface area contributed by atoms with Gasteiger partial charge in [-0.3, -0.25) is 11.3 Å². The molecule has 1 aromatic heterocycles. The fraction of sp³-hybridized carbons (Fsp3) is 0.333. The van der Waals surface area contributed by atoms with E-state index >= 15 is 0 Å². The van der Waals surface area contributed by atoms with Gasteiger partial charge in [0, 0.05) is 30.7 Å². The summed E-state index contributed by atoms with van der Waals surface area (Å²) in [5.74, 6) is 5.69. The van der Waals surface area contributed by atoms with E-state index in [9.17, 15) is 0 Å². The number of aryl methyl sites for hydroxylation is 1. The smallest absolute Gasteiger partial charge is 0.0463 e. The molecule has 0 aliphatic carbocycles. The Labute approximate surface area is 119 Å². The van der Waals surface area contributed by atoms with Crippen molar-refractivity contribution < 1.29 is 0 Å². The lowest BCUT2D eigenvalue weighted by Gasteiger charge is -2.18. The predicted octanol–water partition coefficient (Wildman–Crippen LogP) is 2.95. The van der Waals surface area contributed by atoms with Crippen LogP contribution in [0.25, 0.3) is 0 Å². The largest absolute Gasteiger partial charge is 0.378 e. The second-order valence-electron chi connectivity index (χ2n) is 4.82. The van der Waals surface area contributed by atoms with Crippen LogP contribution in [0.1, 0.15) is 22.9 Å². The Balaban J connectivity index is 2.00. The first-order chi connectivity index (χ1) is 9.20. The molecular weight excluding hydrogens is 254 g/mol. The first-order valence-corrected chi connectivity index (χ1v) is 7.34. The quantitative estimate of drug-likeness (QED) is 0.629. The highest BCUT2D eigenvalue weighted by molar-refractivity contribution is 7.09. The molecule has 3 nitrogen and oxygen atoms in total. The number of nitrogens with one attached hydrogen (secondary N) is 1. The molecule has 1 unspecified atom stereocenters. The Morgan fingerprint density at radius 1 is 1.21 bits per heavy atom. The molecule has 0 bridgehead atoms. The molecule has 1 atom stereocenters. The van der Waals surface area contributed by atoms with Crippen molar-refractivity contribution >= 4 is 17.0 Å². The van der Waals surface area contributed by atoms with E-state index in [1.165, 1.54) is 16.1 Å². The summed E-state index contributed by atoms with van der Waals surface area (Å²) < 4.78 is 0. The van der Waals surface area contributed by atoms with Crippen molar-refractivity contribution in [1.82, 2.24) is 5.43 Å². The van der Waals surface area contributed by atoms with E-state index in [-0.39, 0.29) is 6.04 Å². The maximum Gasteiger partial charge on any atom is 0.0463 e. The number of hydrogen-bond donors (Lipinski definition) is 2. The fourth-order valence-corrected chi connectivity index (χ4v) is 2.82. The van der Waals surface area contributed by atoms with Crippen molar-refractivity contribution in [2.24, 2.45) is 5.84 Å². The summed E-state index contributed by atoms with van der Waals surface area (Å²) in [6, 6.07) is 13.0. The lowest BCUT2D eigenvalue weighted by molar-refractivity contribution is 0.518. The van der Waals surface area contributed by atoms with Crippen molar-refractivity contribution in [2.45, 2.75) is 18.9 Å². The molecule has 102 valence electrons. The lowest BCUT2D eigenvalue weighted by Crippen LogP contribution is -2.28. The average Bonchev–Trinajstić information content (AvgIpc) is 2.93. The number of hydrogen-bond acceptors (Lipinski definition) is 4. The SMILES string of the molecule is CN(C)c1ccc(C(CCc2cccs2)NN)cc1. The zero-order chi connectivity index (χ0) is 13.7. The third-order valence-electron chi connectivity index (χ3n) is 3.27. The molecule has 2 aromatic rings. The molecule has 19 heavy (non-hydrogen) atoms. The van der Waals surface area contributed by atoms with Crippen LogP contribution in [0.15, 0.2) is 41.8 Å². The summed E-state index contributed by atoms with van der Waals surface area (Å²) in [5, 5.41) is 2.12. The molecule has 0 fully saturated rings. The monoisotopic (exact) mass is 275 g/mol. The van der Waals surface area contributed by atoms with Gasteiger partial charge in [0.05, 0.1) is 0 Å². The van der Waals surface area contributed by atoms with Gasteiger partial charge in [0.15, 0.2) is 0 Å². The van der Waals surface area contributed by atoms with Crippen LogP contribution in [0.2, 0.25) is 0 Å². The molecule has 0 radical (unpaired) electrons. The summed E-state index contributed by atoms with van der Waals surface area (Å²) in [6.45, 7) is 0. The number of benzene rings is 1. The number of nitrogens with two attached hydrogens (primary N) is 1. The van der Waals surface area contributed by atoms with E-state index in [1.54, 1.807) is 11.3 Å². The third kappa shape index (κ3) is 3.80. The van der Waals surface area contributed by atoms with Gasteiger partial charge in [0.1, 0.15) is 0 Å². The maximum absolute atomic E-state index is 5.69. The van der Waals surface area contributed by atoms with Gasteiger partial charge in [0.25, 0.3) is 0 Å². The van der Waals surface area contributed by atoms with Gasteiger partial charge in [-0.1, -0.05) is 18.2 Å². The van der Waals surface area contributed by atoms with Gasteiger partial charge in [0.2, 0.25) is 0 Å². The van der Waals surface area contributed by atoms with Gasteiger partial charge in [-0.05, 0) is 42.0 Å². The highest BCUT2D eigenvalue weighted by atomic mass is 32.1. The van der Waals surface area contributed by atoms with E-state index < -0.39 is 0 Å². The molecule has 4 heteroatoms. The molecule has 0 aliphatic rings.